The lowest BCUT2D eigenvalue weighted by molar-refractivity contribution is 0.309. The molecule has 0 spiro atoms. The Morgan fingerprint density at radius 1 is 1.06 bits per heavy atom. The molecule has 0 saturated heterocycles. The maximum atomic E-state index is 6.22. The van der Waals surface area contributed by atoms with Crippen LogP contribution in [0.1, 0.15) is 18.2 Å². The predicted octanol–water partition coefficient (Wildman–Crippen LogP) is 5.00. The van der Waals surface area contributed by atoms with Gasteiger partial charge in [-0.3, -0.25) is 4.98 Å². The Bertz CT molecular complexity index is 1330. The number of tetrazole rings is 1. The zero-order valence-corrected chi connectivity index (χ0v) is 17.5. The first-order valence-electron chi connectivity index (χ1n) is 9.94. The molecule has 0 fully saturated rings. The number of hydrogen-bond acceptors (Lipinski definition) is 5. The van der Waals surface area contributed by atoms with Crippen LogP contribution in [0.15, 0.2) is 66.9 Å². The Balaban J connectivity index is 1.39. The van der Waals surface area contributed by atoms with E-state index in [4.69, 9.17) is 16.3 Å². The molecule has 2 aromatic carbocycles. The molecule has 0 saturated carbocycles. The monoisotopic (exact) mass is 430 g/mol. The molecule has 5 aromatic rings. The van der Waals surface area contributed by atoms with Crippen molar-refractivity contribution in [3.8, 4) is 23.0 Å². The van der Waals surface area contributed by atoms with Crippen LogP contribution in [0.25, 0.3) is 28.1 Å². The van der Waals surface area contributed by atoms with Gasteiger partial charge in [0.15, 0.2) is 0 Å². The van der Waals surface area contributed by atoms with Crippen molar-refractivity contribution in [1.82, 2.24) is 30.2 Å². The molecule has 31 heavy (non-hydrogen) atoms. The zero-order valence-electron chi connectivity index (χ0n) is 16.8. The second-order valence-electron chi connectivity index (χ2n) is 7.09. The minimum Gasteiger partial charge on any atom is -0.488 e. The molecule has 0 amide bonds. The van der Waals surface area contributed by atoms with E-state index in [2.05, 4.69) is 32.5 Å². The van der Waals surface area contributed by atoms with E-state index in [0.717, 1.165) is 45.7 Å². The van der Waals surface area contributed by atoms with Crippen molar-refractivity contribution in [2.75, 3.05) is 0 Å². The van der Waals surface area contributed by atoms with Gasteiger partial charge in [-0.05, 0) is 47.5 Å². The lowest BCUT2D eigenvalue weighted by Gasteiger charge is -2.12. The highest BCUT2D eigenvalue weighted by molar-refractivity contribution is 6.30. The molecule has 0 radical (unpaired) electrons. The van der Waals surface area contributed by atoms with Crippen LogP contribution in [-0.4, -0.2) is 30.2 Å². The van der Waals surface area contributed by atoms with Gasteiger partial charge >= 0.3 is 0 Å². The van der Waals surface area contributed by atoms with Crippen LogP contribution < -0.4 is 4.74 Å². The van der Waals surface area contributed by atoms with Crippen molar-refractivity contribution < 1.29 is 4.74 Å². The number of aromatic amines is 1. The van der Waals surface area contributed by atoms with Crippen molar-refractivity contribution in [3.05, 3.63) is 83.1 Å². The highest BCUT2D eigenvalue weighted by Crippen LogP contribution is 2.28. The molecule has 0 unspecified atom stereocenters. The Kier molecular flexibility index (Phi) is 5.09. The van der Waals surface area contributed by atoms with Crippen LogP contribution in [0.5, 0.6) is 5.75 Å². The largest absolute Gasteiger partial charge is 0.488 e. The van der Waals surface area contributed by atoms with Crippen LogP contribution in [0.3, 0.4) is 0 Å². The standard InChI is InChI=1S/C23H19ClN6O/c1-2-17-12-22(19-5-3-4-6-20(19)25-17)31-14-15-7-9-18(10-8-15)30-13-16(24)11-21(30)23-26-28-29-27-23/h3-13H,2,14H2,1H3,(H,26,27,28,29). The van der Waals surface area contributed by atoms with E-state index in [9.17, 15) is 0 Å². The quantitative estimate of drug-likeness (QED) is 0.410. The van der Waals surface area contributed by atoms with E-state index in [-0.39, 0.29) is 0 Å². The number of aromatic nitrogens is 6. The summed E-state index contributed by atoms with van der Waals surface area (Å²) in [6.07, 6.45) is 2.69. The van der Waals surface area contributed by atoms with Gasteiger partial charge in [0.25, 0.3) is 0 Å². The number of nitrogens with zero attached hydrogens (tertiary/aromatic N) is 5. The van der Waals surface area contributed by atoms with Gasteiger partial charge in [0.05, 0.1) is 16.2 Å². The normalized spacial score (nSPS) is 11.2. The molecule has 3 aromatic heterocycles. The average molecular weight is 431 g/mol. The Morgan fingerprint density at radius 2 is 1.90 bits per heavy atom. The second kappa shape index (κ2) is 8.20. The van der Waals surface area contributed by atoms with Crippen molar-refractivity contribution in [2.45, 2.75) is 20.0 Å². The van der Waals surface area contributed by atoms with E-state index >= 15 is 0 Å². The number of nitrogens with one attached hydrogen (secondary N) is 1. The summed E-state index contributed by atoms with van der Waals surface area (Å²) in [5.41, 5.74) is 4.73. The minimum absolute atomic E-state index is 0.460. The van der Waals surface area contributed by atoms with Gasteiger partial charge in [-0.1, -0.05) is 42.8 Å². The summed E-state index contributed by atoms with van der Waals surface area (Å²) in [5, 5.41) is 15.8. The minimum atomic E-state index is 0.460. The molecular weight excluding hydrogens is 412 g/mol. The summed E-state index contributed by atoms with van der Waals surface area (Å²) in [7, 11) is 0. The molecule has 0 aliphatic heterocycles. The van der Waals surface area contributed by atoms with E-state index in [0.29, 0.717) is 17.5 Å². The Labute approximate surface area is 183 Å². The topological polar surface area (TPSA) is 81.5 Å². The number of halogens is 1. The van der Waals surface area contributed by atoms with Crippen LogP contribution >= 0.6 is 11.6 Å². The molecule has 8 heteroatoms. The zero-order chi connectivity index (χ0) is 21.2. The summed E-state index contributed by atoms with van der Waals surface area (Å²) >= 11 is 6.22. The van der Waals surface area contributed by atoms with Crippen LogP contribution in [0, 0.1) is 0 Å². The van der Waals surface area contributed by atoms with Gasteiger partial charge in [0, 0.05) is 29.0 Å². The molecule has 3 heterocycles. The van der Waals surface area contributed by atoms with Gasteiger partial charge in [0.2, 0.25) is 5.82 Å². The fraction of sp³-hybridized carbons (Fsp3) is 0.130. The van der Waals surface area contributed by atoms with E-state index in [1.54, 1.807) is 0 Å². The van der Waals surface area contributed by atoms with Crippen LogP contribution in [0.2, 0.25) is 5.02 Å². The van der Waals surface area contributed by atoms with Gasteiger partial charge in [-0.2, -0.15) is 5.21 Å². The number of fused-ring (bicyclic) bond motifs is 1. The van der Waals surface area contributed by atoms with Crippen molar-refractivity contribution in [2.24, 2.45) is 0 Å². The summed E-state index contributed by atoms with van der Waals surface area (Å²) in [6.45, 7) is 2.55. The first-order chi connectivity index (χ1) is 15.2. The number of hydrogen-bond donors (Lipinski definition) is 1. The number of pyridine rings is 1. The smallest absolute Gasteiger partial charge is 0.221 e. The molecule has 0 bridgehead atoms. The first kappa shape index (κ1) is 19.3. The fourth-order valence-electron chi connectivity index (χ4n) is 3.50. The number of H-pyrrole nitrogens is 1. The summed E-state index contributed by atoms with van der Waals surface area (Å²) in [4.78, 5) is 4.68. The fourth-order valence-corrected chi connectivity index (χ4v) is 3.70. The third kappa shape index (κ3) is 3.87. The van der Waals surface area contributed by atoms with Crippen molar-refractivity contribution >= 4 is 22.5 Å². The SMILES string of the molecule is CCc1cc(OCc2ccc(-n3cc(Cl)cc3-c3nn[nH]n3)cc2)c2ccccc2n1. The highest BCUT2D eigenvalue weighted by atomic mass is 35.5. The summed E-state index contributed by atoms with van der Waals surface area (Å²) in [5.74, 6) is 1.33. The lowest BCUT2D eigenvalue weighted by atomic mass is 10.1. The number of para-hydroxylation sites is 1. The lowest BCUT2D eigenvalue weighted by Crippen LogP contribution is -2.00. The van der Waals surface area contributed by atoms with Crippen LogP contribution in [-0.2, 0) is 13.0 Å². The summed E-state index contributed by atoms with van der Waals surface area (Å²) in [6, 6.07) is 20.0. The van der Waals surface area contributed by atoms with Gasteiger partial charge in [0.1, 0.15) is 12.4 Å². The Morgan fingerprint density at radius 3 is 2.68 bits per heavy atom. The van der Waals surface area contributed by atoms with E-state index in [1.807, 2.05) is 71.4 Å². The van der Waals surface area contributed by atoms with Crippen molar-refractivity contribution in [3.63, 3.8) is 0 Å². The average Bonchev–Trinajstić information content (AvgIpc) is 3.47. The van der Waals surface area contributed by atoms with Crippen LogP contribution in [0.4, 0.5) is 0 Å². The van der Waals surface area contributed by atoms with Gasteiger partial charge in [-0.15, -0.1) is 10.2 Å². The molecule has 0 aliphatic carbocycles. The van der Waals surface area contributed by atoms with E-state index < -0.39 is 0 Å². The maximum Gasteiger partial charge on any atom is 0.221 e. The van der Waals surface area contributed by atoms with Gasteiger partial charge in [-0.25, -0.2) is 0 Å². The third-order valence-electron chi connectivity index (χ3n) is 5.06. The second-order valence-corrected chi connectivity index (χ2v) is 7.52. The highest BCUT2D eigenvalue weighted by Gasteiger charge is 2.13. The molecular formula is C23H19ClN6O. The number of aryl methyl sites for hydroxylation is 1. The molecule has 0 atom stereocenters. The van der Waals surface area contributed by atoms with E-state index in [1.165, 1.54) is 0 Å². The predicted molar refractivity (Wildman–Crippen MR) is 119 cm³/mol. The Hall–Kier alpha value is -3.71. The first-order valence-corrected chi connectivity index (χ1v) is 10.3. The van der Waals surface area contributed by atoms with Crippen molar-refractivity contribution in [1.29, 1.82) is 0 Å². The molecule has 7 nitrogen and oxygen atoms in total. The number of rotatable bonds is 6. The maximum absolute atomic E-state index is 6.22. The summed E-state index contributed by atoms with van der Waals surface area (Å²) < 4.78 is 8.11. The molecule has 154 valence electrons. The third-order valence-corrected chi connectivity index (χ3v) is 5.27. The van der Waals surface area contributed by atoms with Gasteiger partial charge < -0.3 is 9.30 Å². The number of ether oxygens (including phenoxy) is 1. The molecule has 0 aliphatic rings. The number of benzene rings is 2. The molecule has 5 rings (SSSR count). The molecule has 1 N–H and O–H groups in total.